The molecule has 0 aromatic carbocycles. The van der Waals surface area contributed by atoms with Crippen molar-refractivity contribution in [1.82, 2.24) is 9.80 Å². The van der Waals surface area contributed by atoms with Crippen molar-refractivity contribution in [2.75, 3.05) is 26.2 Å². The van der Waals surface area contributed by atoms with Gasteiger partial charge in [0.25, 0.3) is 0 Å². The molecule has 4 heteroatoms. The summed E-state index contributed by atoms with van der Waals surface area (Å²) >= 11 is 0. The second-order valence-corrected chi connectivity index (χ2v) is 4.98. The molecular formula is C13H23N3O. The van der Waals surface area contributed by atoms with Gasteiger partial charge in [0.1, 0.15) is 11.5 Å². The Kier molecular flexibility index (Phi) is 4.20. The second kappa shape index (κ2) is 5.67. The van der Waals surface area contributed by atoms with Crippen LogP contribution in [-0.4, -0.2) is 42.0 Å². The second-order valence-electron chi connectivity index (χ2n) is 4.98. The molecule has 0 atom stereocenters. The van der Waals surface area contributed by atoms with Gasteiger partial charge in [0, 0.05) is 32.2 Å². The standard InChI is InChI=1S/C13H23N3O/c1-11(2)16-7-5-15(6-8-16)10-13-4-3-12(9-14)17-13/h3-4,11H,5-10,14H2,1-2H3. The third-order valence-electron chi connectivity index (χ3n) is 3.44. The van der Waals surface area contributed by atoms with E-state index in [4.69, 9.17) is 10.2 Å². The average molecular weight is 237 g/mol. The van der Waals surface area contributed by atoms with Crippen LogP contribution >= 0.6 is 0 Å². The van der Waals surface area contributed by atoms with Crippen molar-refractivity contribution in [2.24, 2.45) is 5.73 Å². The molecule has 1 aliphatic heterocycles. The Morgan fingerprint density at radius 2 is 1.82 bits per heavy atom. The van der Waals surface area contributed by atoms with Crippen LogP contribution in [0.15, 0.2) is 16.5 Å². The van der Waals surface area contributed by atoms with Crippen molar-refractivity contribution in [2.45, 2.75) is 33.0 Å². The molecule has 1 fully saturated rings. The van der Waals surface area contributed by atoms with E-state index in [-0.39, 0.29) is 0 Å². The molecule has 0 saturated carbocycles. The highest BCUT2D eigenvalue weighted by molar-refractivity contribution is 5.06. The fourth-order valence-corrected chi connectivity index (χ4v) is 2.28. The molecule has 0 unspecified atom stereocenters. The Labute approximate surface area is 103 Å². The number of hydrogen-bond acceptors (Lipinski definition) is 4. The molecule has 1 saturated heterocycles. The Hall–Kier alpha value is -0.840. The number of nitrogens with two attached hydrogens (primary N) is 1. The minimum absolute atomic E-state index is 0.487. The van der Waals surface area contributed by atoms with E-state index in [1.54, 1.807) is 0 Å². The van der Waals surface area contributed by atoms with E-state index in [0.717, 1.165) is 44.2 Å². The van der Waals surface area contributed by atoms with Gasteiger partial charge >= 0.3 is 0 Å². The summed E-state index contributed by atoms with van der Waals surface area (Å²) in [6, 6.07) is 4.67. The van der Waals surface area contributed by atoms with Gasteiger partial charge < -0.3 is 10.2 Å². The van der Waals surface area contributed by atoms with Gasteiger partial charge in [-0.1, -0.05) is 0 Å². The van der Waals surface area contributed by atoms with Crippen LogP contribution in [-0.2, 0) is 13.1 Å². The lowest BCUT2D eigenvalue weighted by Gasteiger charge is -2.36. The molecule has 0 spiro atoms. The Balaban J connectivity index is 1.81. The molecule has 2 N–H and O–H groups in total. The Morgan fingerprint density at radius 3 is 2.35 bits per heavy atom. The van der Waals surface area contributed by atoms with Gasteiger partial charge in [0.05, 0.1) is 13.1 Å². The SMILES string of the molecule is CC(C)N1CCN(Cc2ccc(CN)o2)CC1. The van der Waals surface area contributed by atoms with Crippen LogP contribution in [0.3, 0.4) is 0 Å². The monoisotopic (exact) mass is 237 g/mol. The smallest absolute Gasteiger partial charge is 0.118 e. The molecule has 0 amide bonds. The van der Waals surface area contributed by atoms with Crippen molar-refractivity contribution in [3.8, 4) is 0 Å². The Morgan fingerprint density at radius 1 is 1.18 bits per heavy atom. The summed E-state index contributed by atoms with van der Waals surface area (Å²) < 4.78 is 5.63. The van der Waals surface area contributed by atoms with Crippen LogP contribution in [0.5, 0.6) is 0 Å². The van der Waals surface area contributed by atoms with E-state index in [2.05, 4.69) is 23.6 Å². The zero-order valence-corrected chi connectivity index (χ0v) is 10.9. The third kappa shape index (κ3) is 3.31. The summed E-state index contributed by atoms with van der Waals surface area (Å²) in [6.07, 6.45) is 0. The minimum Gasteiger partial charge on any atom is -0.463 e. The normalized spacial score (nSPS) is 19.1. The summed E-state index contributed by atoms with van der Waals surface area (Å²) in [5, 5.41) is 0. The molecule has 0 aliphatic carbocycles. The molecule has 0 radical (unpaired) electrons. The molecule has 17 heavy (non-hydrogen) atoms. The number of nitrogens with zero attached hydrogens (tertiary/aromatic N) is 2. The van der Waals surface area contributed by atoms with E-state index in [1.165, 1.54) is 0 Å². The summed E-state index contributed by atoms with van der Waals surface area (Å²) in [4.78, 5) is 4.96. The van der Waals surface area contributed by atoms with Gasteiger partial charge in [0.2, 0.25) is 0 Å². The molecular weight excluding hydrogens is 214 g/mol. The van der Waals surface area contributed by atoms with Gasteiger partial charge in [-0.25, -0.2) is 0 Å². The highest BCUT2D eigenvalue weighted by atomic mass is 16.3. The zero-order chi connectivity index (χ0) is 12.3. The minimum atomic E-state index is 0.487. The molecule has 1 aromatic heterocycles. The first-order valence-electron chi connectivity index (χ1n) is 6.43. The van der Waals surface area contributed by atoms with Gasteiger partial charge in [-0.2, -0.15) is 0 Å². The first-order chi connectivity index (χ1) is 8.19. The lowest BCUT2D eigenvalue weighted by atomic mass is 10.2. The molecule has 1 aliphatic rings. The van der Waals surface area contributed by atoms with Crippen LogP contribution in [0.1, 0.15) is 25.4 Å². The number of furan rings is 1. The fraction of sp³-hybridized carbons (Fsp3) is 0.692. The first-order valence-corrected chi connectivity index (χ1v) is 6.43. The van der Waals surface area contributed by atoms with E-state index in [9.17, 15) is 0 Å². The quantitative estimate of drug-likeness (QED) is 0.856. The van der Waals surface area contributed by atoms with Gasteiger partial charge in [-0.3, -0.25) is 9.80 Å². The number of rotatable bonds is 4. The van der Waals surface area contributed by atoms with E-state index in [1.807, 2.05) is 12.1 Å². The van der Waals surface area contributed by atoms with E-state index in [0.29, 0.717) is 12.6 Å². The highest BCUT2D eigenvalue weighted by Crippen LogP contribution is 2.13. The van der Waals surface area contributed by atoms with Crippen LogP contribution in [0.4, 0.5) is 0 Å². The topological polar surface area (TPSA) is 45.6 Å². The van der Waals surface area contributed by atoms with Crippen LogP contribution in [0.25, 0.3) is 0 Å². The molecule has 96 valence electrons. The summed E-state index contributed by atoms with van der Waals surface area (Å²) in [7, 11) is 0. The van der Waals surface area contributed by atoms with Crippen molar-refractivity contribution >= 4 is 0 Å². The molecule has 0 bridgehead atoms. The van der Waals surface area contributed by atoms with Crippen molar-refractivity contribution in [3.05, 3.63) is 23.7 Å². The molecule has 2 rings (SSSR count). The van der Waals surface area contributed by atoms with Crippen LogP contribution in [0.2, 0.25) is 0 Å². The maximum atomic E-state index is 5.63. The van der Waals surface area contributed by atoms with E-state index >= 15 is 0 Å². The average Bonchev–Trinajstić information content (AvgIpc) is 2.77. The van der Waals surface area contributed by atoms with Crippen molar-refractivity contribution < 1.29 is 4.42 Å². The molecule has 1 aromatic rings. The maximum Gasteiger partial charge on any atom is 0.118 e. The number of piperazine rings is 1. The maximum absolute atomic E-state index is 5.63. The third-order valence-corrected chi connectivity index (χ3v) is 3.44. The van der Waals surface area contributed by atoms with Crippen LogP contribution in [0, 0.1) is 0 Å². The number of hydrogen-bond donors (Lipinski definition) is 1. The molecule has 2 heterocycles. The van der Waals surface area contributed by atoms with Crippen molar-refractivity contribution in [3.63, 3.8) is 0 Å². The lowest BCUT2D eigenvalue weighted by Crippen LogP contribution is -2.48. The largest absolute Gasteiger partial charge is 0.463 e. The predicted octanol–water partition coefficient (Wildman–Crippen LogP) is 1.26. The fourth-order valence-electron chi connectivity index (χ4n) is 2.28. The van der Waals surface area contributed by atoms with Crippen LogP contribution < -0.4 is 5.73 Å². The summed E-state index contributed by atoms with van der Waals surface area (Å²) in [6.45, 7) is 10.5. The summed E-state index contributed by atoms with van der Waals surface area (Å²) in [5.74, 6) is 1.91. The molecule has 4 nitrogen and oxygen atoms in total. The van der Waals surface area contributed by atoms with Gasteiger partial charge in [-0.15, -0.1) is 0 Å². The zero-order valence-electron chi connectivity index (χ0n) is 10.9. The van der Waals surface area contributed by atoms with Crippen molar-refractivity contribution in [1.29, 1.82) is 0 Å². The lowest BCUT2D eigenvalue weighted by molar-refractivity contribution is 0.0987. The summed E-state index contributed by atoms with van der Waals surface area (Å²) in [5.41, 5.74) is 5.53. The van der Waals surface area contributed by atoms with Gasteiger partial charge in [0.15, 0.2) is 0 Å². The highest BCUT2D eigenvalue weighted by Gasteiger charge is 2.19. The van der Waals surface area contributed by atoms with Gasteiger partial charge in [-0.05, 0) is 26.0 Å². The first kappa shape index (κ1) is 12.6. The Bertz CT molecular complexity index is 340. The van der Waals surface area contributed by atoms with E-state index < -0.39 is 0 Å². The predicted molar refractivity (Wildman–Crippen MR) is 68.6 cm³/mol.